The molecule has 0 heterocycles. The van der Waals surface area contributed by atoms with Crippen molar-refractivity contribution in [2.45, 2.75) is 44.6 Å². The molecule has 88 valence electrons. The average Bonchev–Trinajstić information content (AvgIpc) is 2.18. The predicted octanol–water partition coefficient (Wildman–Crippen LogP) is 3.62. The van der Waals surface area contributed by atoms with Crippen LogP contribution in [0.1, 0.15) is 50.2 Å². The van der Waals surface area contributed by atoms with E-state index in [2.05, 4.69) is 35.8 Å². The van der Waals surface area contributed by atoms with Gasteiger partial charge in [0, 0.05) is 11.1 Å². The van der Waals surface area contributed by atoms with Gasteiger partial charge in [-0.25, -0.2) is 0 Å². The molecule has 2 rings (SSSR count). The summed E-state index contributed by atoms with van der Waals surface area (Å²) in [6.07, 6.45) is 3.09. The van der Waals surface area contributed by atoms with Crippen LogP contribution < -0.4 is 5.73 Å². The number of hydrogen-bond donors (Lipinski definition) is 2. The summed E-state index contributed by atoms with van der Waals surface area (Å²) in [5.74, 6) is 0.755. The maximum absolute atomic E-state index is 10.1. The molecule has 16 heavy (non-hydrogen) atoms. The number of nitrogens with two attached hydrogens (primary N) is 1. The van der Waals surface area contributed by atoms with Crippen LogP contribution in [-0.2, 0) is 5.54 Å². The summed E-state index contributed by atoms with van der Waals surface area (Å²) in [6.45, 7) is 4.29. The summed E-state index contributed by atoms with van der Waals surface area (Å²) in [4.78, 5) is 0. The smallest absolute Gasteiger partial charge is 0.134 e. The zero-order valence-electron chi connectivity index (χ0n) is 9.76. The summed E-state index contributed by atoms with van der Waals surface area (Å²) in [5, 5.41) is 10.1. The molecule has 0 aromatic heterocycles. The van der Waals surface area contributed by atoms with Gasteiger partial charge >= 0.3 is 0 Å². The fourth-order valence-corrected chi connectivity index (χ4v) is 2.64. The average molecular weight is 284 g/mol. The third kappa shape index (κ3) is 1.87. The van der Waals surface area contributed by atoms with Gasteiger partial charge in [-0.3, -0.25) is 0 Å². The van der Waals surface area contributed by atoms with Crippen molar-refractivity contribution in [2.75, 3.05) is 0 Å². The van der Waals surface area contributed by atoms with Crippen LogP contribution in [0.4, 0.5) is 0 Å². The lowest BCUT2D eigenvalue weighted by molar-refractivity contribution is 0.245. The normalized spacial score (nSPS) is 18.6. The minimum atomic E-state index is -0.308. The number of aromatic hydroxyl groups is 1. The zero-order chi connectivity index (χ0) is 11.9. The van der Waals surface area contributed by atoms with E-state index < -0.39 is 0 Å². The molecule has 0 unspecified atom stereocenters. The first kappa shape index (κ1) is 11.9. The van der Waals surface area contributed by atoms with Crippen molar-refractivity contribution in [1.29, 1.82) is 0 Å². The lowest BCUT2D eigenvalue weighted by atomic mass is 9.72. The number of phenolic OH excluding ortho intramolecular Hbond substituents is 1. The topological polar surface area (TPSA) is 46.2 Å². The second-order valence-corrected chi connectivity index (χ2v) is 5.92. The quantitative estimate of drug-likeness (QED) is 0.871. The lowest BCUT2D eigenvalue weighted by Gasteiger charge is -2.39. The Hall–Kier alpha value is -0.540. The van der Waals surface area contributed by atoms with Crippen LogP contribution >= 0.6 is 15.9 Å². The second kappa shape index (κ2) is 4.04. The van der Waals surface area contributed by atoms with Crippen LogP contribution in [0.5, 0.6) is 5.75 Å². The van der Waals surface area contributed by atoms with Gasteiger partial charge in [-0.2, -0.15) is 0 Å². The van der Waals surface area contributed by atoms with Crippen molar-refractivity contribution in [1.82, 2.24) is 0 Å². The van der Waals surface area contributed by atoms with E-state index >= 15 is 0 Å². The van der Waals surface area contributed by atoms with Gasteiger partial charge in [-0.15, -0.1) is 0 Å². The van der Waals surface area contributed by atoms with E-state index in [0.717, 1.165) is 29.3 Å². The molecule has 1 fully saturated rings. The van der Waals surface area contributed by atoms with Gasteiger partial charge in [0.2, 0.25) is 0 Å². The molecule has 2 nitrogen and oxygen atoms in total. The first-order valence-electron chi connectivity index (χ1n) is 5.76. The molecule has 0 atom stereocenters. The Morgan fingerprint density at radius 1 is 1.38 bits per heavy atom. The first-order chi connectivity index (χ1) is 7.44. The Morgan fingerprint density at radius 3 is 2.44 bits per heavy atom. The molecule has 1 aromatic rings. The van der Waals surface area contributed by atoms with Crippen molar-refractivity contribution in [2.24, 2.45) is 5.73 Å². The van der Waals surface area contributed by atoms with Crippen LogP contribution in [0.25, 0.3) is 0 Å². The third-order valence-corrected chi connectivity index (χ3v) is 4.14. The molecular weight excluding hydrogens is 266 g/mol. The summed E-state index contributed by atoms with van der Waals surface area (Å²) >= 11 is 3.41. The minimum Gasteiger partial charge on any atom is -0.506 e. The summed E-state index contributed by atoms with van der Waals surface area (Å²) in [5.41, 5.74) is 8.09. The fourth-order valence-electron chi connectivity index (χ4n) is 2.16. The molecule has 0 amide bonds. The van der Waals surface area contributed by atoms with Crippen LogP contribution in [0.3, 0.4) is 0 Å². The van der Waals surface area contributed by atoms with Gasteiger partial charge in [0.15, 0.2) is 0 Å². The highest BCUT2D eigenvalue weighted by molar-refractivity contribution is 9.10. The van der Waals surface area contributed by atoms with Crippen molar-refractivity contribution in [3.8, 4) is 5.75 Å². The lowest BCUT2D eigenvalue weighted by Crippen LogP contribution is -2.43. The SMILES string of the molecule is CC(C)c1cc(Br)c(O)c(C2(N)CCC2)c1. The number of hydrogen-bond acceptors (Lipinski definition) is 2. The van der Waals surface area contributed by atoms with Gasteiger partial charge in [0.05, 0.1) is 4.47 Å². The van der Waals surface area contributed by atoms with E-state index in [-0.39, 0.29) is 5.54 Å². The van der Waals surface area contributed by atoms with Gasteiger partial charge in [-0.05, 0) is 58.8 Å². The Morgan fingerprint density at radius 2 is 2.00 bits per heavy atom. The Balaban J connectivity index is 2.51. The highest BCUT2D eigenvalue weighted by Gasteiger charge is 2.37. The van der Waals surface area contributed by atoms with Gasteiger partial charge < -0.3 is 10.8 Å². The molecule has 3 N–H and O–H groups in total. The Kier molecular flexibility index (Phi) is 3.01. The van der Waals surface area contributed by atoms with E-state index in [1.807, 2.05) is 6.07 Å². The van der Waals surface area contributed by atoms with Crippen molar-refractivity contribution >= 4 is 15.9 Å². The van der Waals surface area contributed by atoms with E-state index in [1.54, 1.807) is 0 Å². The largest absolute Gasteiger partial charge is 0.506 e. The van der Waals surface area contributed by atoms with Crippen LogP contribution in [0.2, 0.25) is 0 Å². The maximum atomic E-state index is 10.1. The summed E-state index contributed by atoms with van der Waals surface area (Å²) in [6, 6.07) is 4.04. The molecule has 0 bridgehead atoms. The van der Waals surface area contributed by atoms with Gasteiger partial charge in [-0.1, -0.05) is 13.8 Å². The molecule has 1 aromatic carbocycles. The summed E-state index contributed by atoms with van der Waals surface area (Å²) in [7, 11) is 0. The number of rotatable bonds is 2. The zero-order valence-corrected chi connectivity index (χ0v) is 11.3. The highest BCUT2D eigenvalue weighted by Crippen LogP contribution is 2.45. The van der Waals surface area contributed by atoms with Gasteiger partial charge in [0.25, 0.3) is 0 Å². The molecular formula is C13H18BrNO. The number of phenols is 1. The standard InChI is InChI=1S/C13H18BrNO/c1-8(2)9-6-10(12(16)11(14)7-9)13(15)4-3-5-13/h6-8,16H,3-5,15H2,1-2H3. The molecule has 3 heteroatoms. The van der Waals surface area contributed by atoms with Crippen LogP contribution in [0, 0.1) is 0 Å². The van der Waals surface area contributed by atoms with Crippen LogP contribution in [-0.4, -0.2) is 5.11 Å². The van der Waals surface area contributed by atoms with Crippen LogP contribution in [0.15, 0.2) is 16.6 Å². The first-order valence-corrected chi connectivity index (χ1v) is 6.55. The second-order valence-electron chi connectivity index (χ2n) is 5.06. The fraction of sp³-hybridized carbons (Fsp3) is 0.538. The maximum Gasteiger partial charge on any atom is 0.134 e. The van der Waals surface area contributed by atoms with E-state index in [9.17, 15) is 5.11 Å². The Labute approximate surface area is 105 Å². The number of benzene rings is 1. The molecule has 1 aliphatic rings. The molecule has 0 radical (unpaired) electrons. The minimum absolute atomic E-state index is 0.308. The van der Waals surface area contributed by atoms with Gasteiger partial charge in [0.1, 0.15) is 5.75 Å². The van der Waals surface area contributed by atoms with E-state index in [0.29, 0.717) is 11.7 Å². The molecule has 0 aliphatic heterocycles. The summed E-state index contributed by atoms with van der Waals surface area (Å²) < 4.78 is 0.755. The number of halogens is 1. The molecule has 0 spiro atoms. The molecule has 1 saturated carbocycles. The van der Waals surface area contributed by atoms with Crippen molar-refractivity contribution in [3.63, 3.8) is 0 Å². The van der Waals surface area contributed by atoms with E-state index in [4.69, 9.17) is 5.73 Å². The monoisotopic (exact) mass is 283 g/mol. The molecule has 0 saturated heterocycles. The van der Waals surface area contributed by atoms with E-state index in [1.165, 1.54) is 5.56 Å². The van der Waals surface area contributed by atoms with Crippen molar-refractivity contribution < 1.29 is 5.11 Å². The predicted molar refractivity (Wildman–Crippen MR) is 69.6 cm³/mol. The van der Waals surface area contributed by atoms with Crippen molar-refractivity contribution in [3.05, 3.63) is 27.7 Å². The molecule has 1 aliphatic carbocycles. The third-order valence-electron chi connectivity index (χ3n) is 3.53. The highest BCUT2D eigenvalue weighted by atomic mass is 79.9. The Bertz CT molecular complexity index is 411.